The molecule has 0 fully saturated rings. The first kappa shape index (κ1) is 10.3. The van der Waals surface area contributed by atoms with E-state index in [9.17, 15) is 0 Å². The fourth-order valence-electron chi connectivity index (χ4n) is 2.58. The number of hydrogen-bond donors (Lipinski definition) is 0. The molecule has 0 spiro atoms. The summed E-state index contributed by atoms with van der Waals surface area (Å²) in [5.41, 5.74) is 4.18. The molecule has 0 saturated heterocycles. The Morgan fingerprint density at radius 1 is 1.18 bits per heavy atom. The van der Waals surface area contributed by atoms with E-state index in [-0.39, 0.29) is 0 Å². The number of anilines is 1. The van der Waals surface area contributed by atoms with Crippen LogP contribution in [0, 0.1) is 0 Å². The van der Waals surface area contributed by atoms with Crippen LogP contribution in [0.5, 0.6) is 0 Å². The largest absolute Gasteiger partial charge is 0.366 e. The van der Waals surface area contributed by atoms with Gasteiger partial charge in [-0.3, -0.25) is 4.98 Å². The van der Waals surface area contributed by atoms with Crippen molar-refractivity contribution in [1.29, 1.82) is 0 Å². The van der Waals surface area contributed by atoms with Gasteiger partial charge in [0.25, 0.3) is 0 Å². The zero-order valence-corrected chi connectivity index (χ0v) is 10.0. The molecule has 1 atom stereocenters. The van der Waals surface area contributed by atoms with E-state index in [4.69, 9.17) is 0 Å². The molecule has 0 saturated carbocycles. The summed E-state index contributed by atoms with van der Waals surface area (Å²) >= 11 is 0. The van der Waals surface area contributed by atoms with Gasteiger partial charge in [-0.2, -0.15) is 0 Å². The van der Waals surface area contributed by atoms with Crippen LogP contribution in [0.3, 0.4) is 0 Å². The molecule has 2 nitrogen and oxygen atoms in total. The Morgan fingerprint density at radius 2 is 1.94 bits per heavy atom. The van der Waals surface area contributed by atoms with Crippen molar-refractivity contribution in [2.45, 2.75) is 19.4 Å². The monoisotopic (exact) mass is 224 g/mol. The predicted molar refractivity (Wildman–Crippen MR) is 70.1 cm³/mol. The van der Waals surface area contributed by atoms with Crippen molar-refractivity contribution in [3.63, 3.8) is 0 Å². The number of aromatic nitrogens is 1. The Morgan fingerprint density at radius 3 is 2.76 bits per heavy atom. The second-order valence-corrected chi connectivity index (χ2v) is 4.70. The van der Waals surface area contributed by atoms with Crippen LogP contribution in [0.2, 0.25) is 0 Å². The smallest absolute Gasteiger partial charge is 0.0430 e. The van der Waals surface area contributed by atoms with Gasteiger partial charge in [0.1, 0.15) is 0 Å². The molecule has 0 radical (unpaired) electrons. The standard InChI is InChI=1S/C15H16N2/c1-12-10-17(11-13-6-8-16-9-7-13)15-5-3-2-4-14(12)15/h2-9,12H,10-11H2,1H3. The minimum absolute atomic E-state index is 0.632. The lowest BCUT2D eigenvalue weighted by Crippen LogP contribution is -2.20. The van der Waals surface area contributed by atoms with Crippen molar-refractivity contribution < 1.29 is 0 Å². The first-order chi connectivity index (χ1) is 8.34. The van der Waals surface area contributed by atoms with Crippen LogP contribution in [-0.4, -0.2) is 11.5 Å². The first-order valence-corrected chi connectivity index (χ1v) is 6.07. The van der Waals surface area contributed by atoms with Crippen LogP contribution >= 0.6 is 0 Å². The number of para-hydroxylation sites is 1. The molecule has 86 valence electrons. The van der Waals surface area contributed by atoms with Gasteiger partial charge < -0.3 is 4.90 Å². The van der Waals surface area contributed by atoms with E-state index in [0.717, 1.165) is 13.1 Å². The zero-order valence-electron chi connectivity index (χ0n) is 10.0. The molecule has 1 aromatic carbocycles. The quantitative estimate of drug-likeness (QED) is 0.778. The summed E-state index contributed by atoms with van der Waals surface area (Å²) in [6.07, 6.45) is 3.72. The zero-order chi connectivity index (χ0) is 11.7. The summed E-state index contributed by atoms with van der Waals surface area (Å²) in [5.74, 6) is 0.632. The Hall–Kier alpha value is -1.83. The summed E-state index contributed by atoms with van der Waals surface area (Å²) in [5, 5.41) is 0. The van der Waals surface area contributed by atoms with Gasteiger partial charge in [0.2, 0.25) is 0 Å². The van der Waals surface area contributed by atoms with Gasteiger partial charge >= 0.3 is 0 Å². The van der Waals surface area contributed by atoms with Gasteiger partial charge in [0, 0.05) is 37.1 Å². The third-order valence-electron chi connectivity index (χ3n) is 3.43. The Labute approximate surface area is 102 Å². The molecule has 2 heterocycles. The molecular formula is C15H16N2. The van der Waals surface area contributed by atoms with Crippen LogP contribution in [0.25, 0.3) is 0 Å². The van der Waals surface area contributed by atoms with E-state index in [1.165, 1.54) is 16.8 Å². The molecule has 3 rings (SSSR count). The summed E-state index contributed by atoms with van der Waals surface area (Å²) in [6.45, 7) is 4.39. The van der Waals surface area contributed by atoms with Gasteiger partial charge in [0.05, 0.1) is 0 Å². The molecule has 1 aliphatic rings. The Bertz CT molecular complexity index is 507. The van der Waals surface area contributed by atoms with Crippen molar-refractivity contribution in [3.05, 3.63) is 59.9 Å². The molecule has 17 heavy (non-hydrogen) atoms. The third-order valence-corrected chi connectivity index (χ3v) is 3.43. The summed E-state index contributed by atoms with van der Waals surface area (Å²) in [6, 6.07) is 12.9. The highest BCUT2D eigenvalue weighted by molar-refractivity contribution is 5.60. The van der Waals surface area contributed by atoms with E-state index >= 15 is 0 Å². The number of rotatable bonds is 2. The predicted octanol–water partition coefficient (Wildman–Crippen LogP) is 3.21. The molecule has 0 amide bonds. The van der Waals surface area contributed by atoms with Crippen molar-refractivity contribution in [2.75, 3.05) is 11.4 Å². The molecular weight excluding hydrogens is 208 g/mol. The highest BCUT2D eigenvalue weighted by Crippen LogP contribution is 2.36. The minimum atomic E-state index is 0.632. The second kappa shape index (κ2) is 4.21. The molecule has 0 N–H and O–H groups in total. The van der Waals surface area contributed by atoms with Crippen LogP contribution in [0.4, 0.5) is 5.69 Å². The topological polar surface area (TPSA) is 16.1 Å². The lowest BCUT2D eigenvalue weighted by Gasteiger charge is -2.19. The molecule has 1 unspecified atom stereocenters. The summed E-state index contributed by atoms with van der Waals surface area (Å²) in [4.78, 5) is 6.51. The number of hydrogen-bond acceptors (Lipinski definition) is 2. The fraction of sp³-hybridized carbons (Fsp3) is 0.267. The maximum absolute atomic E-state index is 4.06. The van der Waals surface area contributed by atoms with Crippen LogP contribution < -0.4 is 4.90 Å². The number of nitrogens with zero attached hydrogens (tertiary/aromatic N) is 2. The second-order valence-electron chi connectivity index (χ2n) is 4.70. The van der Waals surface area contributed by atoms with E-state index in [0.29, 0.717) is 5.92 Å². The highest BCUT2D eigenvalue weighted by Gasteiger charge is 2.24. The number of pyridine rings is 1. The van der Waals surface area contributed by atoms with Gasteiger partial charge in [-0.15, -0.1) is 0 Å². The van der Waals surface area contributed by atoms with Crippen LogP contribution in [0.1, 0.15) is 24.0 Å². The van der Waals surface area contributed by atoms with E-state index < -0.39 is 0 Å². The van der Waals surface area contributed by atoms with Crippen molar-refractivity contribution in [2.24, 2.45) is 0 Å². The Balaban J connectivity index is 1.87. The lowest BCUT2D eigenvalue weighted by molar-refractivity contribution is 0.745. The van der Waals surface area contributed by atoms with Gasteiger partial charge in [-0.05, 0) is 29.3 Å². The summed E-state index contributed by atoms with van der Waals surface area (Å²) in [7, 11) is 0. The molecule has 0 aliphatic carbocycles. The normalized spacial score (nSPS) is 18.2. The minimum Gasteiger partial charge on any atom is -0.366 e. The fourth-order valence-corrected chi connectivity index (χ4v) is 2.58. The summed E-state index contributed by atoms with van der Waals surface area (Å²) < 4.78 is 0. The first-order valence-electron chi connectivity index (χ1n) is 6.07. The Kier molecular flexibility index (Phi) is 2.56. The highest BCUT2D eigenvalue weighted by atomic mass is 15.2. The average Bonchev–Trinajstić information content (AvgIpc) is 2.69. The van der Waals surface area contributed by atoms with Crippen LogP contribution in [-0.2, 0) is 6.54 Å². The van der Waals surface area contributed by atoms with Gasteiger partial charge in [-0.25, -0.2) is 0 Å². The average molecular weight is 224 g/mol. The molecule has 0 bridgehead atoms. The SMILES string of the molecule is CC1CN(Cc2ccncc2)c2ccccc21. The maximum atomic E-state index is 4.06. The molecule has 2 aromatic rings. The van der Waals surface area contributed by atoms with Gasteiger partial charge in [0.15, 0.2) is 0 Å². The van der Waals surface area contributed by atoms with Crippen LogP contribution in [0.15, 0.2) is 48.8 Å². The van der Waals surface area contributed by atoms with Gasteiger partial charge in [-0.1, -0.05) is 25.1 Å². The molecule has 1 aliphatic heterocycles. The van der Waals surface area contributed by atoms with E-state index in [2.05, 4.69) is 53.2 Å². The number of benzene rings is 1. The van der Waals surface area contributed by atoms with E-state index in [1.54, 1.807) is 0 Å². The maximum Gasteiger partial charge on any atom is 0.0430 e. The number of fused-ring (bicyclic) bond motifs is 1. The molecule has 2 heteroatoms. The van der Waals surface area contributed by atoms with Crippen molar-refractivity contribution in [3.8, 4) is 0 Å². The lowest BCUT2D eigenvalue weighted by atomic mass is 10.0. The van der Waals surface area contributed by atoms with Crippen molar-refractivity contribution in [1.82, 2.24) is 4.98 Å². The molecule has 1 aromatic heterocycles. The van der Waals surface area contributed by atoms with E-state index in [1.807, 2.05) is 12.4 Å². The van der Waals surface area contributed by atoms with Crippen molar-refractivity contribution >= 4 is 5.69 Å². The third kappa shape index (κ3) is 1.91.